The van der Waals surface area contributed by atoms with Gasteiger partial charge in [0.2, 0.25) is 5.91 Å². The summed E-state index contributed by atoms with van der Waals surface area (Å²) in [4.78, 5) is 11.3. The minimum Gasteiger partial charge on any atom is -0.374 e. The maximum absolute atomic E-state index is 12.6. The standard InChI is InChI=1S/C11H12BrF3N2O/c1-6(10(18)16-2)17-9-4-7(11(13,14)15)3-8(12)5-9/h3-6,17H,1-2H3,(H,16,18). The molecule has 0 saturated carbocycles. The molecule has 1 aromatic carbocycles. The van der Waals surface area contributed by atoms with Crippen LogP contribution in [-0.4, -0.2) is 19.0 Å². The Balaban J connectivity index is 2.97. The summed E-state index contributed by atoms with van der Waals surface area (Å²) in [5.41, 5.74) is -0.545. The first kappa shape index (κ1) is 14.8. The number of carbonyl (C=O) groups is 1. The van der Waals surface area contributed by atoms with Gasteiger partial charge >= 0.3 is 6.18 Å². The summed E-state index contributed by atoms with van der Waals surface area (Å²) in [5.74, 6) is -0.302. The molecule has 3 nitrogen and oxygen atoms in total. The highest BCUT2D eigenvalue weighted by Gasteiger charge is 2.31. The number of hydrogen-bond donors (Lipinski definition) is 2. The molecule has 1 unspecified atom stereocenters. The van der Waals surface area contributed by atoms with E-state index in [4.69, 9.17) is 0 Å². The number of alkyl halides is 3. The Labute approximate surface area is 111 Å². The molecular weight excluding hydrogens is 313 g/mol. The van der Waals surface area contributed by atoms with Gasteiger partial charge in [-0.1, -0.05) is 15.9 Å². The van der Waals surface area contributed by atoms with Crippen LogP contribution in [0.15, 0.2) is 22.7 Å². The summed E-state index contributed by atoms with van der Waals surface area (Å²) < 4.78 is 38.0. The lowest BCUT2D eigenvalue weighted by Gasteiger charge is -2.16. The number of rotatable bonds is 3. The monoisotopic (exact) mass is 324 g/mol. The Bertz CT molecular complexity index is 448. The molecule has 0 aliphatic heterocycles. The summed E-state index contributed by atoms with van der Waals surface area (Å²) in [6.07, 6.45) is -4.42. The fourth-order valence-electron chi connectivity index (χ4n) is 1.37. The van der Waals surface area contributed by atoms with Crippen molar-refractivity contribution in [1.29, 1.82) is 0 Å². The molecule has 2 N–H and O–H groups in total. The normalized spacial score (nSPS) is 13.0. The third-order valence-electron chi connectivity index (χ3n) is 2.25. The summed E-state index contributed by atoms with van der Waals surface area (Å²) in [5, 5.41) is 5.11. The Morgan fingerprint density at radius 3 is 2.44 bits per heavy atom. The van der Waals surface area contributed by atoms with Gasteiger partial charge in [-0.3, -0.25) is 4.79 Å². The predicted molar refractivity (Wildman–Crippen MR) is 66.3 cm³/mol. The molecule has 0 bridgehead atoms. The van der Waals surface area contributed by atoms with E-state index in [1.54, 1.807) is 6.92 Å². The number of carbonyl (C=O) groups excluding carboxylic acids is 1. The highest BCUT2D eigenvalue weighted by Crippen LogP contribution is 2.33. The molecule has 1 amide bonds. The summed E-state index contributed by atoms with van der Waals surface area (Å²) >= 11 is 3.01. The van der Waals surface area contributed by atoms with E-state index in [1.165, 1.54) is 13.1 Å². The zero-order chi connectivity index (χ0) is 13.9. The van der Waals surface area contributed by atoms with Crippen LogP contribution in [0, 0.1) is 0 Å². The number of halogens is 4. The van der Waals surface area contributed by atoms with Gasteiger partial charge in [-0.15, -0.1) is 0 Å². The number of anilines is 1. The van der Waals surface area contributed by atoms with Gasteiger partial charge in [-0.2, -0.15) is 13.2 Å². The van der Waals surface area contributed by atoms with Crippen molar-refractivity contribution >= 4 is 27.5 Å². The van der Waals surface area contributed by atoms with Crippen LogP contribution in [0.1, 0.15) is 12.5 Å². The second kappa shape index (κ2) is 5.60. The summed E-state index contributed by atoms with van der Waals surface area (Å²) in [7, 11) is 1.46. The minimum atomic E-state index is -4.42. The lowest BCUT2D eigenvalue weighted by atomic mass is 10.2. The van der Waals surface area contributed by atoms with E-state index in [0.717, 1.165) is 12.1 Å². The molecule has 0 heterocycles. The molecule has 1 rings (SSSR count). The van der Waals surface area contributed by atoms with Crippen LogP contribution < -0.4 is 10.6 Å². The second-order valence-electron chi connectivity index (χ2n) is 3.71. The van der Waals surface area contributed by atoms with Crippen molar-refractivity contribution in [1.82, 2.24) is 5.32 Å². The van der Waals surface area contributed by atoms with Crippen LogP contribution in [0.3, 0.4) is 0 Å². The van der Waals surface area contributed by atoms with E-state index >= 15 is 0 Å². The highest BCUT2D eigenvalue weighted by atomic mass is 79.9. The smallest absolute Gasteiger partial charge is 0.374 e. The van der Waals surface area contributed by atoms with E-state index in [9.17, 15) is 18.0 Å². The third kappa shape index (κ3) is 3.90. The molecule has 18 heavy (non-hydrogen) atoms. The number of amides is 1. The first-order valence-electron chi connectivity index (χ1n) is 5.10. The second-order valence-corrected chi connectivity index (χ2v) is 4.62. The van der Waals surface area contributed by atoms with Crippen LogP contribution in [0.4, 0.5) is 18.9 Å². The number of likely N-dealkylation sites (N-methyl/N-ethyl adjacent to an activating group) is 1. The van der Waals surface area contributed by atoms with E-state index in [-0.39, 0.29) is 11.6 Å². The zero-order valence-electron chi connectivity index (χ0n) is 9.73. The molecule has 0 fully saturated rings. The Hall–Kier alpha value is -1.24. The first-order valence-corrected chi connectivity index (χ1v) is 5.89. The van der Waals surface area contributed by atoms with Crippen LogP contribution in [0.2, 0.25) is 0 Å². The Kier molecular flexibility index (Phi) is 4.61. The highest BCUT2D eigenvalue weighted by molar-refractivity contribution is 9.10. The van der Waals surface area contributed by atoms with Gasteiger partial charge in [0.05, 0.1) is 5.56 Å². The molecule has 7 heteroatoms. The molecule has 0 spiro atoms. The maximum Gasteiger partial charge on any atom is 0.416 e. The zero-order valence-corrected chi connectivity index (χ0v) is 11.3. The maximum atomic E-state index is 12.6. The fourth-order valence-corrected chi connectivity index (χ4v) is 1.86. The summed E-state index contributed by atoms with van der Waals surface area (Å²) in [6, 6.07) is 2.81. The van der Waals surface area contributed by atoms with Crippen molar-refractivity contribution in [3.05, 3.63) is 28.2 Å². The van der Waals surface area contributed by atoms with Crippen molar-refractivity contribution in [2.24, 2.45) is 0 Å². The van der Waals surface area contributed by atoms with Gasteiger partial charge in [0, 0.05) is 17.2 Å². The third-order valence-corrected chi connectivity index (χ3v) is 2.71. The van der Waals surface area contributed by atoms with Crippen molar-refractivity contribution in [2.75, 3.05) is 12.4 Å². The van der Waals surface area contributed by atoms with Crippen LogP contribution >= 0.6 is 15.9 Å². The number of nitrogens with one attached hydrogen (secondary N) is 2. The van der Waals surface area contributed by atoms with Gasteiger partial charge in [0.1, 0.15) is 6.04 Å². The van der Waals surface area contributed by atoms with E-state index in [2.05, 4.69) is 26.6 Å². The fraction of sp³-hybridized carbons (Fsp3) is 0.364. The van der Waals surface area contributed by atoms with Gasteiger partial charge in [0.15, 0.2) is 0 Å². The molecule has 100 valence electrons. The molecule has 1 aromatic rings. The molecule has 0 aromatic heterocycles. The van der Waals surface area contributed by atoms with Crippen LogP contribution in [0.25, 0.3) is 0 Å². The number of hydrogen-bond acceptors (Lipinski definition) is 2. The molecule has 1 atom stereocenters. The quantitative estimate of drug-likeness (QED) is 0.897. The topological polar surface area (TPSA) is 41.1 Å². The van der Waals surface area contributed by atoms with Gasteiger partial charge < -0.3 is 10.6 Å². The minimum absolute atomic E-state index is 0.229. The average Bonchev–Trinajstić information content (AvgIpc) is 2.25. The largest absolute Gasteiger partial charge is 0.416 e. The van der Waals surface area contributed by atoms with E-state index in [1.807, 2.05) is 0 Å². The first-order chi connectivity index (χ1) is 8.24. The SMILES string of the molecule is CNC(=O)C(C)Nc1cc(Br)cc(C(F)(F)F)c1. The van der Waals surface area contributed by atoms with Crippen LogP contribution in [0.5, 0.6) is 0 Å². The molecule has 0 aliphatic rings. The van der Waals surface area contributed by atoms with Crippen molar-refractivity contribution in [3.8, 4) is 0 Å². The van der Waals surface area contributed by atoms with Crippen molar-refractivity contribution in [2.45, 2.75) is 19.1 Å². The average molecular weight is 325 g/mol. The van der Waals surface area contributed by atoms with E-state index < -0.39 is 17.8 Å². The molecule has 0 aliphatic carbocycles. The lowest BCUT2D eigenvalue weighted by molar-refractivity contribution is -0.137. The number of benzene rings is 1. The van der Waals surface area contributed by atoms with Gasteiger partial charge in [-0.25, -0.2) is 0 Å². The van der Waals surface area contributed by atoms with Crippen molar-refractivity contribution < 1.29 is 18.0 Å². The molecular formula is C11H12BrF3N2O. The van der Waals surface area contributed by atoms with Gasteiger partial charge in [-0.05, 0) is 25.1 Å². The molecule has 0 saturated heterocycles. The summed E-state index contributed by atoms with van der Waals surface area (Å²) in [6.45, 7) is 1.56. The van der Waals surface area contributed by atoms with Gasteiger partial charge in [0.25, 0.3) is 0 Å². The lowest BCUT2D eigenvalue weighted by Crippen LogP contribution is -2.35. The Morgan fingerprint density at radius 2 is 1.94 bits per heavy atom. The van der Waals surface area contributed by atoms with Crippen LogP contribution in [-0.2, 0) is 11.0 Å². The molecule has 0 radical (unpaired) electrons. The van der Waals surface area contributed by atoms with E-state index in [0.29, 0.717) is 4.47 Å². The predicted octanol–water partition coefficient (Wildman–Crippen LogP) is 3.01. The van der Waals surface area contributed by atoms with Crippen molar-refractivity contribution in [3.63, 3.8) is 0 Å². The Morgan fingerprint density at radius 1 is 1.33 bits per heavy atom.